The van der Waals surface area contributed by atoms with Gasteiger partial charge in [-0.25, -0.2) is 0 Å². The second kappa shape index (κ2) is 5.43. The third-order valence-electron chi connectivity index (χ3n) is 1.88. The topological polar surface area (TPSA) is 0 Å². The molecule has 0 aliphatic heterocycles. The number of rotatable bonds is 1. The molecule has 0 nitrogen and oxygen atoms in total. The molecule has 58 valence electrons. The van der Waals surface area contributed by atoms with Gasteiger partial charge < -0.3 is 0 Å². The summed E-state index contributed by atoms with van der Waals surface area (Å²) in [6.07, 6.45) is 0. The van der Waals surface area contributed by atoms with Crippen molar-refractivity contribution in [3.05, 3.63) is 60.7 Å². The average molecular weight is 194 g/mol. The van der Waals surface area contributed by atoms with Crippen LogP contribution in [0.2, 0.25) is 0 Å². The SMILES string of the molecule is [Ca+2].c1ccc(-c2ccccc2)cc1. The van der Waals surface area contributed by atoms with E-state index < -0.39 is 0 Å². The van der Waals surface area contributed by atoms with Crippen LogP contribution < -0.4 is 0 Å². The molecule has 0 unspecified atom stereocenters. The van der Waals surface area contributed by atoms with Crippen LogP contribution in [-0.4, -0.2) is 37.7 Å². The van der Waals surface area contributed by atoms with Crippen LogP contribution >= 0.6 is 0 Å². The summed E-state index contributed by atoms with van der Waals surface area (Å²) in [5.41, 5.74) is 2.55. The minimum absolute atomic E-state index is 0. The quantitative estimate of drug-likeness (QED) is 0.612. The van der Waals surface area contributed by atoms with Crippen molar-refractivity contribution in [1.82, 2.24) is 0 Å². The first-order valence-electron chi connectivity index (χ1n) is 4.07. The Morgan fingerprint density at radius 3 is 1.08 bits per heavy atom. The Kier molecular flexibility index (Phi) is 4.51. The van der Waals surface area contributed by atoms with Crippen molar-refractivity contribution >= 4 is 37.7 Å². The van der Waals surface area contributed by atoms with Crippen LogP contribution in [0.15, 0.2) is 60.7 Å². The van der Waals surface area contributed by atoms with Crippen molar-refractivity contribution in [2.45, 2.75) is 0 Å². The molecular formula is C12H10Ca+2. The summed E-state index contributed by atoms with van der Waals surface area (Å²) in [5, 5.41) is 0. The summed E-state index contributed by atoms with van der Waals surface area (Å²) in [6.45, 7) is 0. The number of benzene rings is 2. The molecule has 0 radical (unpaired) electrons. The first-order valence-corrected chi connectivity index (χ1v) is 4.07. The molecule has 13 heavy (non-hydrogen) atoms. The van der Waals surface area contributed by atoms with Gasteiger partial charge in [-0.05, 0) is 11.1 Å². The minimum atomic E-state index is 0. The van der Waals surface area contributed by atoms with E-state index in [1.807, 2.05) is 12.1 Å². The van der Waals surface area contributed by atoms with Crippen LogP contribution in [0.4, 0.5) is 0 Å². The Morgan fingerprint density at radius 2 is 0.769 bits per heavy atom. The van der Waals surface area contributed by atoms with E-state index in [-0.39, 0.29) is 37.7 Å². The molecule has 1 heteroatoms. The maximum absolute atomic E-state index is 2.12. The van der Waals surface area contributed by atoms with E-state index in [4.69, 9.17) is 0 Å². The van der Waals surface area contributed by atoms with E-state index >= 15 is 0 Å². The Bertz CT molecular complexity index is 303. The predicted molar refractivity (Wildman–Crippen MR) is 57.6 cm³/mol. The Labute approximate surface area is 109 Å². The average Bonchev–Trinajstić information content (AvgIpc) is 2.21. The van der Waals surface area contributed by atoms with Crippen molar-refractivity contribution in [1.29, 1.82) is 0 Å². The summed E-state index contributed by atoms with van der Waals surface area (Å²) in [6, 6.07) is 20.8. The molecule has 0 N–H and O–H groups in total. The second-order valence-electron chi connectivity index (χ2n) is 2.73. The zero-order valence-corrected chi connectivity index (χ0v) is 9.69. The fraction of sp³-hybridized carbons (Fsp3) is 0. The molecule has 0 saturated carbocycles. The van der Waals surface area contributed by atoms with Gasteiger partial charge in [0.25, 0.3) is 0 Å². The molecular weight excluding hydrogens is 184 g/mol. The maximum atomic E-state index is 2.12. The summed E-state index contributed by atoms with van der Waals surface area (Å²) < 4.78 is 0. The maximum Gasteiger partial charge on any atom is 2.00 e. The number of hydrogen-bond donors (Lipinski definition) is 0. The standard InChI is InChI=1S/C12H10.Ca/c1-3-7-11(8-4-1)12-9-5-2-6-10-12;/h1-10H;/q;+2. The fourth-order valence-electron chi connectivity index (χ4n) is 1.26. The summed E-state index contributed by atoms with van der Waals surface area (Å²) in [5.74, 6) is 0. The van der Waals surface area contributed by atoms with E-state index in [1.165, 1.54) is 11.1 Å². The van der Waals surface area contributed by atoms with Crippen molar-refractivity contribution < 1.29 is 0 Å². The first kappa shape index (κ1) is 10.8. The van der Waals surface area contributed by atoms with Gasteiger partial charge in [-0.2, -0.15) is 0 Å². The molecule has 0 fully saturated rings. The molecule has 0 aliphatic rings. The second-order valence-corrected chi connectivity index (χ2v) is 2.73. The van der Waals surface area contributed by atoms with Crippen LogP contribution in [-0.2, 0) is 0 Å². The summed E-state index contributed by atoms with van der Waals surface area (Å²) in [4.78, 5) is 0. The molecule has 2 aromatic rings. The number of hydrogen-bond acceptors (Lipinski definition) is 0. The van der Waals surface area contributed by atoms with E-state index in [0.717, 1.165) is 0 Å². The summed E-state index contributed by atoms with van der Waals surface area (Å²) >= 11 is 0. The van der Waals surface area contributed by atoms with Crippen LogP contribution in [0, 0.1) is 0 Å². The van der Waals surface area contributed by atoms with Gasteiger partial charge >= 0.3 is 37.7 Å². The molecule has 0 spiro atoms. The van der Waals surface area contributed by atoms with Crippen LogP contribution in [0.5, 0.6) is 0 Å². The van der Waals surface area contributed by atoms with Gasteiger partial charge in [0.05, 0.1) is 0 Å². The van der Waals surface area contributed by atoms with Crippen molar-refractivity contribution in [3.8, 4) is 11.1 Å². The van der Waals surface area contributed by atoms with Gasteiger partial charge in [0.2, 0.25) is 0 Å². The molecule has 0 atom stereocenters. The first-order chi connectivity index (χ1) is 5.97. The smallest absolute Gasteiger partial charge is 0.0622 e. The molecule has 0 amide bonds. The van der Waals surface area contributed by atoms with Gasteiger partial charge in [-0.3, -0.25) is 0 Å². The predicted octanol–water partition coefficient (Wildman–Crippen LogP) is 2.97. The molecule has 0 aliphatic carbocycles. The van der Waals surface area contributed by atoms with E-state index in [0.29, 0.717) is 0 Å². The molecule has 0 heterocycles. The van der Waals surface area contributed by atoms with Crippen LogP contribution in [0.3, 0.4) is 0 Å². The van der Waals surface area contributed by atoms with Crippen molar-refractivity contribution in [2.75, 3.05) is 0 Å². The zero-order valence-electron chi connectivity index (χ0n) is 7.48. The van der Waals surface area contributed by atoms with Gasteiger partial charge in [0.15, 0.2) is 0 Å². The van der Waals surface area contributed by atoms with Gasteiger partial charge in [0, 0.05) is 0 Å². The monoisotopic (exact) mass is 194 g/mol. The van der Waals surface area contributed by atoms with E-state index in [2.05, 4.69) is 48.5 Å². The Balaban J connectivity index is 0.000000845. The zero-order chi connectivity index (χ0) is 8.23. The molecule has 0 aromatic heterocycles. The molecule has 2 aromatic carbocycles. The van der Waals surface area contributed by atoms with Crippen LogP contribution in [0.25, 0.3) is 11.1 Å². The largest absolute Gasteiger partial charge is 2.00 e. The third-order valence-corrected chi connectivity index (χ3v) is 1.88. The van der Waals surface area contributed by atoms with Gasteiger partial charge in [-0.15, -0.1) is 0 Å². The fourth-order valence-corrected chi connectivity index (χ4v) is 1.26. The molecule has 0 bridgehead atoms. The summed E-state index contributed by atoms with van der Waals surface area (Å²) in [7, 11) is 0. The normalized spacial score (nSPS) is 8.92. The Morgan fingerprint density at radius 1 is 0.462 bits per heavy atom. The third kappa shape index (κ3) is 2.84. The molecule has 2 rings (SSSR count). The van der Waals surface area contributed by atoms with E-state index in [1.54, 1.807) is 0 Å². The van der Waals surface area contributed by atoms with Crippen molar-refractivity contribution in [3.63, 3.8) is 0 Å². The van der Waals surface area contributed by atoms with Crippen LogP contribution in [0.1, 0.15) is 0 Å². The van der Waals surface area contributed by atoms with Crippen molar-refractivity contribution in [2.24, 2.45) is 0 Å². The Hall–Kier alpha value is -0.300. The van der Waals surface area contributed by atoms with E-state index in [9.17, 15) is 0 Å². The van der Waals surface area contributed by atoms with Gasteiger partial charge in [-0.1, -0.05) is 60.7 Å². The van der Waals surface area contributed by atoms with Gasteiger partial charge in [0.1, 0.15) is 0 Å². The molecule has 0 saturated heterocycles. The minimum Gasteiger partial charge on any atom is -0.0622 e.